The second-order valence-corrected chi connectivity index (χ2v) is 5.34. The lowest BCUT2D eigenvalue weighted by atomic mass is 10.2. The highest BCUT2D eigenvalue weighted by Crippen LogP contribution is 2.19. The van der Waals surface area contributed by atoms with E-state index in [9.17, 15) is 13.2 Å². The molecule has 0 saturated heterocycles. The Morgan fingerprint density at radius 2 is 2.06 bits per heavy atom. The van der Waals surface area contributed by atoms with Crippen molar-refractivity contribution in [2.45, 2.75) is 11.8 Å². The van der Waals surface area contributed by atoms with Crippen LogP contribution in [-0.4, -0.2) is 36.9 Å². The highest BCUT2D eigenvalue weighted by Gasteiger charge is 2.27. The summed E-state index contributed by atoms with van der Waals surface area (Å²) in [6, 6.07) is 5.46. The number of nitrogens with zero attached hydrogens (tertiary/aromatic N) is 1. The smallest absolute Gasteiger partial charge is 0.337 e. The van der Waals surface area contributed by atoms with Crippen LogP contribution in [0.15, 0.2) is 29.2 Å². The second kappa shape index (κ2) is 5.67. The van der Waals surface area contributed by atoms with Gasteiger partial charge >= 0.3 is 5.97 Å². The second-order valence-electron chi connectivity index (χ2n) is 3.44. The van der Waals surface area contributed by atoms with Gasteiger partial charge in [0.15, 0.2) is 0 Å². The third-order valence-corrected chi connectivity index (χ3v) is 4.33. The van der Waals surface area contributed by atoms with Crippen molar-refractivity contribution in [1.82, 2.24) is 4.31 Å². The van der Waals surface area contributed by atoms with Crippen molar-refractivity contribution in [2.75, 3.05) is 13.1 Å². The van der Waals surface area contributed by atoms with Gasteiger partial charge in [0.05, 0.1) is 17.0 Å². The van der Waals surface area contributed by atoms with Gasteiger partial charge in [-0.3, -0.25) is 0 Å². The number of carboxylic acid groups (broad SMARTS) is 1. The molecule has 1 aromatic rings. The van der Waals surface area contributed by atoms with Crippen molar-refractivity contribution in [3.8, 4) is 12.3 Å². The summed E-state index contributed by atoms with van der Waals surface area (Å²) < 4.78 is 25.5. The normalized spacial score (nSPS) is 11.2. The Morgan fingerprint density at radius 3 is 2.56 bits per heavy atom. The SMILES string of the molecule is C#CCN(CC)S(=O)(=O)c1ccccc1C(=O)O. The average Bonchev–Trinajstić information content (AvgIpc) is 2.35. The molecular formula is C12H13NO4S. The van der Waals surface area contributed by atoms with Crippen molar-refractivity contribution in [2.24, 2.45) is 0 Å². The standard InChI is InChI=1S/C12H13NO4S/c1-3-9-13(4-2)18(16,17)11-8-6-5-7-10(11)12(14)15/h1,5-8H,4,9H2,2H3,(H,14,15). The monoisotopic (exact) mass is 267 g/mol. The van der Waals surface area contributed by atoms with Gasteiger partial charge < -0.3 is 5.11 Å². The van der Waals surface area contributed by atoms with Crippen LogP contribution in [0.2, 0.25) is 0 Å². The highest BCUT2D eigenvalue weighted by molar-refractivity contribution is 7.89. The van der Waals surface area contributed by atoms with Crippen LogP contribution in [-0.2, 0) is 10.0 Å². The van der Waals surface area contributed by atoms with Crippen molar-refractivity contribution in [1.29, 1.82) is 0 Å². The Balaban J connectivity index is 3.37. The van der Waals surface area contributed by atoms with Crippen molar-refractivity contribution in [3.05, 3.63) is 29.8 Å². The molecule has 0 aliphatic rings. The van der Waals surface area contributed by atoms with E-state index in [1.807, 2.05) is 0 Å². The van der Waals surface area contributed by atoms with Gasteiger partial charge in [0.1, 0.15) is 0 Å². The minimum Gasteiger partial charge on any atom is -0.478 e. The van der Waals surface area contributed by atoms with Crippen LogP contribution >= 0.6 is 0 Å². The molecule has 0 radical (unpaired) electrons. The fraction of sp³-hybridized carbons (Fsp3) is 0.250. The number of aromatic carboxylic acids is 1. The molecule has 0 heterocycles. The number of carbonyl (C=O) groups is 1. The van der Waals surface area contributed by atoms with E-state index in [1.54, 1.807) is 6.92 Å². The maximum atomic E-state index is 12.2. The fourth-order valence-electron chi connectivity index (χ4n) is 1.48. The summed E-state index contributed by atoms with van der Waals surface area (Å²) in [7, 11) is -3.88. The molecule has 6 heteroatoms. The van der Waals surface area contributed by atoms with Gasteiger partial charge in [-0.25, -0.2) is 13.2 Å². The van der Waals surface area contributed by atoms with E-state index >= 15 is 0 Å². The molecule has 18 heavy (non-hydrogen) atoms. The molecule has 0 fully saturated rings. The van der Waals surface area contributed by atoms with E-state index in [4.69, 9.17) is 11.5 Å². The molecule has 0 aromatic heterocycles. The largest absolute Gasteiger partial charge is 0.478 e. The lowest BCUT2D eigenvalue weighted by Gasteiger charge is -2.18. The maximum Gasteiger partial charge on any atom is 0.337 e. The number of sulfonamides is 1. The van der Waals surface area contributed by atoms with Gasteiger partial charge in [0, 0.05) is 6.54 Å². The number of rotatable bonds is 5. The summed E-state index contributed by atoms with van der Waals surface area (Å²) in [6.07, 6.45) is 5.11. The minimum atomic E-state index is -3.88. The first-order valence-electron chi connectivity index (χ1n) is 5.21. The minimum absolute atomic E-state index is 0.0905. The molecule has 0 saturated carbocycles. The number of hydrogen-bond acceptors (Lipinski definition) is 3. The predicted octanol–water partition coefficient (Wildman–Crippen LogP) is 1.03. The van der Waals surface area contributed by atoms with E-state index in [0.717, 1.165) is 4.31 Å². The quantitative estimate of drug-likeness (QED) is 0.808. The Labute approximate surface area is 106 Å². The summed E-state index contributed by atoms with van der Waals surface area (Å²) in [6.45, 7) is 1.73. The maximum absolute atomic E-state index is 12.2. The molecule has 0 aliphatic carbocycles. The summed E-state index contributed by atoms with van der Waals surface area (Å²) in [5.74, 6) is 0.956. The zero-order chi connectivity index (χ0) is 13.8. The van der Waals surface area contributed by atoms with E-state index < -0.39 is 16.0 Å². The first kappa shape index (κ1) is 14.2. The average molecular weight is 267 g/mol. The lowest BCUT2D eigenvalue weighted by molar-refractivity contribution is 0.0692. The predicted molar refractivity (Wildman–Crippen MR) is 66.7 cm³/mol. The molecule has 1 N–H and O–H groups in total. The van der Waals surface area contributed by atoms with Crippen LogP contribution in [0.1, 0.15) is 17.3 Å². The van der Waals surface area contributed by atoms with Crippen LogP contribution in [0, 0.1) is 12.3 Å². The van der Waals surface area contributed by atoms with Crippen molar-refractivity contribution >= 4 is 16.0 Å². The zero-order valence-electron chi connectivity index (χ0n) is 9.83. The fourth-order valence-corrected chi connectivity index (χ4v) is 3.02. The Morgan fingerprint density at radius 1 is 1.44 bits per heavy atom. The number of benzene rings is 1. The van der Waals surface area contributed by atoms with E-state index in [1.165, 1.54) is 24.3 Å². The first-order chi connectivity index (χ1) is 8.45. The summed E-state index contributed by atoms with van der Waals surface area (Å²) in [5, 5.41) is 8.99. The van der Waals surface area contributed by atoms with E-state index in [2.05, 4.69) is 5.92 Å². The van der Waals surface area contributed by atoms with Crippen molar-refractivity contribution in [3.63, 3.8) is 0 Å². The Hall–Kier alpha value is -1.84. The molecule has 0 atom stereocenters. The topological polar surface area (TPSA) is 74.7 Å². The van der Waals surface area contributed by atoms with Gasteiger partial charge in [0.2, 0.25) is 10.0 Å². The zero-order valence-corrected chi connectivity index (χ0v) is 10.6. The molecule has 0 spiro atoms. The van der Waals surface area contributed by atoms with Gasteiger partial charge in [-0.1, -0.05) is 25.0 Å². The van der Waals surface area contributed by atoms with Crippen LogP contribution in [0.5, 0.6) is 0 Å². The highest BCUT2D eigenvalue weighted by atomic mass is 32.2. The molecule has 96 valence electrons. The van der Waals surface area contributed by atoms with Gasteiger partial charge in [0.25, 0.3) is 0 Å². The third-order valence-electron chi connectivity index (χ3n) is 2.36. The van der Waals surface area contributed by atoms with Crippen LogP contribution in [0.25, 0.3) is 0 Å². The molecule has 0 unspecified atom stereocenters. The number of hydrogen-bond donors (Lipinski definition) is 1. The van der Waals surface area contributed by atoms with Crippen molar-refractivity contribution < 1.29 is 18.3 Å². The summed E-state index contributed by atoms with van der Waals surface area (Å²) >= 11 is 0. The molecule has 1 aromatic carbocycles. The number of carboxylic acids is 1. The van der Waals surface area contributed by atoms with Crippen LogP contribution in [0.3, 0.4) is 0 Å². The summed E-state index contributed by atoms with van der Waals surface area (Å²) in [4.78, 5) is 10.8. The van der Waals surface area contributed by atoms with Crippen LogP contribution in [0.4, 0.5) is 0 Å². The van der Waals surface area contributed by atoms with E-state index in [-0.39, 0.29) is 23.5 Å². The Bertz CT molecular complexity index is 586. The van der Waals surface area contributed by atoms with Gasteiger partial charge in [-0.05, 0) is 12.1 Å². The van der Waals surface area contributed by atoms with E-state index in [0.29, 0.717) is 0 Å². The molecule has 0 amide bonds. The molecule has 0 aliphatic heterocycles. The molecule has 0 bridgehead atoms. The van der Waals surface area contributed by atoms with Crippen LogP contribution < -0.4 is 0 Å². The molecule has 1 rings (SSSR count). The Kier molecular flexibility index (Phi) is 4.48. The molecular weight excluding hydrogens is 254 g/mol. The first-order valence-corrected chi connectivity index (χ1v) is 6.65. The third kappa shape index (κ3) is 2.70. The van der Waals surface area contributed by atoms with Gasteiger partial charge in [-0.2, -0.15) is 4.31 Å². The number of terminal acetylenes is 1. The summed E-state index contributed by atoms with van der Waals surface area (Å²) in [5.41, 5.74) is -0.257. The molecule has 5 nitrogen and oxygen atoms in total. The lowest BCUT2D eigenvalue weighted by Crippen LogP contribution is -2.32. The van der Waals surface area contributed by atoms with Gasteiger partial charge in [-0.15, -0.1) is 6.42 Å².